The summed E-state index contributed by atoms with van der Waals surface area (Å²) >= 11 is 1.76. The summed E-state index contributed by atoms with van der Waals surface area (Å²) in [5.74, 6) is 1.78. The van der Waals surface area contributed by atoms with Gasteiger partial charge < -0.3 is 14.8 Å². The van der Waals surface area contributed by atoms with Crippen LogP contribution < -0.4 is 14.8 Å². The number of aliphatic imine (C=N–C) groups is 1. The van der Waals surface area contributed by atoms with Crippen molar-refractivity contribution in [2.45, 2.75) is 6.04 Å². The molecule has 1 aliphatic heterocycles. The molecule has 1 amide bonds. The van der Waals surface area contributed by atoms with E-state index in [-0.39, 0.29) is 11.9 Å². The molecule has 0 aliphatic carbocycles. The largest absolute Gasteiger partial charge is 0.493 e. The van der Waals surface area contributed by atoms with Crippen LogP contribution in [0, 0.1) is 0 Å². The van der Waals surface area contributed by atoms with E-state index in [4.69, 9.17) is 14.5 Å². The molecule has 0 bridgehead atoms. The Labute approximate surface area is 180 Å². The third kappa shape index (κ3) is 4.33. The summed E-state index contributed by atoms with van der Waals surface area (Å²) < 4.78 is 10.5. The number of ether oxygens (including phenoxy) is 2. The van der Waals surface area contributed by atoms with Crippen molar-refractivity contribution >= 4 is 28.4 Å². The van der Waals surface area contributed by atoms with Crippen LogP contribution in [-0.4, -0.2) is 30.9 Å². The topological polar surface area (TPSA) is 59.9 Å². The van der Waals surface area contributed by atoms with Crippen molar-refractivity contribution in [2.75, 3.05) is 25.3 Å². The highest BCUT2D eigenvalue weighted by Gasteiger charge is 2.21. The first kappa shape index (κ1) is 20.0. The number of anilines is 1. The Hall–Kier alpha value is -3.25. The van der Waals surface area contributed by atoms with Gasteiger partial charge in [0, 0.05) is 22.6 Å². The number of rotatable bonds is 6. The maximum Gasteiger partial charge on any atom is 0.255 e. The van der Waals surface area contributed by atoms with Crippen LogP contribution in [0.15, 0.2) is 77.8 Å². The van der Waals surface area contributed by atoms with Gasteiger partial charge in [-0.05, 0) is 35.9 Å². The van der Waals surface area contributed by atoms with E-state index in [0.717, 1.165) is 27.6 Å². The van der Waals surface area contributed by atoms with Gasteiger partial charge in [-0.3, -0.25) is 9.79 Å². The predicted octanol–water partition coefficient (Wildman–Crippen LogP) is 5.19. The van der Waals surface area contributed by atoms with Crippen molar-refractivity contribution < 1.29 is 14.3 Å². The maximum absolute atomic E-state index is 12.7. The number of benzene rings is 3. The first-order chi connectivity index (χ1) is 14.7. The number of hydrogen-bond donors (Lipinski definition) is 1. The van der Waals surface area contributed by atoms with Gasteiger partial charge in [-0.15, -0.1) is 11.8 Å². The molecule has 0 spiro atoms. The minimum absolute atomic E-state index is 0.0724. The van der Waals surface area contributed by atoms with E-state index >= 15 is 0 Å². The Morgan fingerprint density at radius 3 is 2.53 bits per heavy atom. The van der Waals surface area contributed by atoms with Crippen molar-refractivity contribution in [1.82, 2.24) is 0 Å². The van der Waals surface area contributed by atoms with E-state index in [9.17, 15) is 4.79 Å². The molecule has 30 heavy (non-hydrogen) atoms. The van der Waals surface area contributed by atoms with Crippen LogP contribution in [0.3, 0.4) is 0 Å². The molecular weight excluding hydrogens is 396 g/mol. The number of nitrogens with one attached hydrogen (secondary N) is 1. The maximum atomic E-state index is 12.7. The molecule has 1 N–H and O–H groups in total. The number of nitrogens with zero attached hydrogens (tertiary/aromatic N) is 1. The second-order valence-corrected chi connectivity index (χ2v) is 7.79. The van der Waals surface area contributed by atoms with Gasteiger partial charge in [0.15, 0.2) is 11.5 Å². The first-order valence-corrected chi connectivity index (χ1v) is 10.6. The molecule has 0 radical (unpaired) electrons. The van der Waals surface area contributed by atoms with E-state index in [1.165, 1.54) is 0 Å². The van der Waals surface area contributed by atoms with E-state index in [0.29, 0.717) is 17.1 Å². The second-order valence-electron chi connectivity index (χ2n) is 6.78. The lowest BCUT2D eigenvalue weighted by Crippen LogP contribution is -2.12. The van der Waals surface area contributed by atoms with Crippen LogP contribution in [0.5, 0.6) is 11.5 Å². The zero-order chi connectivity index (χ0) is 20.9. The summed E-state index contributed by atoms with van der Waals surface area (Å²) in [6.45, 7) is 0. The molecule has 1 atom stereocenters. The highest BCUT2D eigenvalue weighted by atomic mass is 32.2. The van der Waals surface area contributed by atoms with Gasteiger partial charge in [-0.2, -0.15) is 0 Å². The van der Waals surface area contributed by atoms with Gasteiger partial charge in [0.25, 0.3) is 5.91 Å². The molecule has 6 heteroatoms. The number of amides is 1. The van der Waals surface area contributed by atoms with E-state index in [1.54, 1.807) is 44.2 Å². The molecule has 4 rings (SSSR count). The van der Waals surface area contributed by atoms with Crippen molar-refractivity contribution in [2.24, 2.45) is 4.99 Å². The molecule has 0 saturated carbocycles. The summed E-state index contributed by atoms with van der Waals surface area (Å²) in [6.07, 6.45) is 0. The highest BCUT2D eigenvalue weighted by Crippen LogP contribution is 2.34. The smallest absolute Gasteiger partial charge is 0.255 e. The van der Waals surface area contributed by atoms with Gasteiger partial charge in [0.1, 0.15) is 0 Å². The standard InChI is InChI=1S/C24H22N2O3S/c1-28-21-12-11-18(14-22(21)29-2)23(27)25-19-10-6-9-17(13-19)20-15-30-24(26-20)16-7-4-3-5-8-16/h3-14,20H,15H2,1-2H3,(H,25,27). The van der Waals surface area contributed by atoms with Crippen molar-refractivity contribution in [3.63, 3.8) is 0 Å². The molecule has 5 nitrogen and oxygen atoms in total. The fraction of sp³-hybridized carbons (Fsp3) is 0.167. The van der Waals surface area contributed by atoms with Crippen LogP contribution in [0.2, 0.25) is 0 Å². The number of methoxy groups -OCH3 is 2. The summed E-state index contributed by atoms with van der Waals surface area (Å²) in [4.78, 5) is 17.6. The molecule has 1 unspecified atom stereocenters. The quantitative estimate of drug-likeness (QED) is 0.598. The summed E-state index contributed by atoms with van der Waals surface area (Å²) in [6, 6.07) is 23.2. The molecule has 3 aromatic carbocycles. The molecule has 152 valence electrons. The average molecular weight is 419 g/mol. The zero-order valence-electron chi connectivity index (χ0n) is 16.8. The third-order valence-corrected chi connectivity index (χ3v) is 5.94. The Morgan fingerprint density at radius 2 is 1.77 bits per heavy atom. The van der Waals surface area contributed by atoms with E-state index < -0.39 is 0 Å². The van der Waals surface area contributed by atoms with Crippen LogP contribution in [-0.2, 0) is 0 Å². The summed E-state index contributed by atoms with van der Waals surface area (Å²) in [5, 5.41) is 4.02. The van der Waals surface area contributed by atoms with Gasteiger partial charge in [0.2, 0.25) is 0 Å². The van der Waals surface area contributed by atoms with Crippen molar-refractivity contribution in [1.29, 1.82) is 0 Å². The van der Waals surface area contributed by atoms with E-state index in [2.05, 4.69) is 23.5 Å². The first-order valence-electron chi connectivity index (χ1n) is 9.57. The highest BCUT2D eigenvalue weighted by molar-refractivity contribution is 8.14. The second kappa shape index (κ2) is 9.05. The Balaban J connectivity index is 1.50. The fourth-order valence-corrected chi connectivity index (χ4v) is 4.37. The monoisotopic (exact) mass is 418 g/mol. The molecule has 1 heterocycles. The van der Waals surface area contributed by atoms with Crippen LogP contribution in [0.1, 0.15) is 27.5 Å². The van der Waals surface area contributed by atoms with Crippen LogP contribution in [0.25, 0.3) is 0 Å². The Bertz CT molecular complexity index is 1080. The van der Waals surface area contributed by atoms with E-state index in [1.807, 2.05) is 36.4 Å². The molecule has 0 saturated heterocycles. The van der Waals surface area contributed by atoms with Crippen molar-refractivity contribution in [3.05, 3.63) is 89.5 Å². The Kier molecular flexibility index (Phi) is 6.05. The number of hydrogen-bond acceptors (Lipinski definition) is 5. The lowest BCUT2D eigenvalue weighted by Gasteiger charge is -2.12. The average Bonchev–Trinajstić information content (AvgIpc) is 3.30. The number of thioether (sulfide) groups is 1. The zero-order valence-corrected chi connectivity index (χ0v) is 17.6. The predicted molar refractivity (Wildman–Crippen MR) is 122 cm³/mol. The van der Waals surface area contributed by atoms with Gasteiger partial charge in [-0.1, -0.05) is 42.5 Å². The lowest BCUT2D eigenvalue weighted by molar-refractivity contribution is 0.102. The van der Waals surface area contributed by atoms with Gasteiger partial charge in [-0.25, -0.2) is 0 Å². The van der Waals surface area contributed by atoms with Crippen LogP contribution >= 0.6 is 11.8 Å². The summed E-state index contributed by atoms with van der Waals surface area (Å²) in [7, 11) is 3.11. The summed E-state index contributed by atoms with van der Waals surface area (Å²) in [5.41, 5.74) is 3.46. The van der Waals surface area contributed by atoms with Gasteiger partial charge >= 0.3 is 0 Å². The molecule has 0 fully saturated rings. The SMILES string of the molecule is COc1ccc(C(=O)Nc2cccc(C3CSC(c4ccccc4)=N3)c2)cc1OC. The molecule has 1 aliphatic rings. The molecule has 3 aromatic rings. The number of carbonyl (C=O) groups excluding carboxylic acids is 1. The van der Waals surface area contributed by atoms with Gasteiger partial charge in [0.05, 0.1) is 25.3 Å². The van der Waals surface area contributed by atoms with Crippen LogP contribution in [0.4, 0.5) is 5.69 Å². The Morgan fingerprint density at radius 1 is 0.967 bits per heavy atom. The fourth-order valence-electron chi connectivity index (χ4n) is 3.29. The minimum atomic E-state index is -0.206. The third-order valence-electron chi connectivity index (χ3n) is 4.85. The molecule has 0 aromatic heterocycles. The normalized spacial score (nSPS) is 15.4. The lowest BCUT2D eigenvalue weighted by atomic mass is 10.1. The van der Waals surface area contributed by atoms with Crippen molar-refractivity contribution in [3.8, 4) is 11.5 Å². The minimum Gasteiger partial charge on any atom is -0.493 e. The molecular formula is C24H22N2O3S. The number of carbonyl (C=O) groups is 1.